The molecule has 5 nitrogen and oxygen atoms in total. The Bertz CT molecular complexity index is 1260. The van der Waals surface area contributed by atoms with Crippen LogP contribution in [0.25, 0.3) is 0 Å². The number of ketones is 1. The Morgan fingerprint density at radius 1 is 1.06 bits per heavy atom. The molecule has 0 saturated carbocycles. The van der Waals surface area contributed by atoms with Gasteiger partial charge >= 0.3 is 6.18 Å². The van der Waals surface area contributed by atoms with Gasteiger partial charge in [0.2, 0.25) is 5.78 Å². The minimum absolute atomic E-state index is 0.0260. The van der Waals surface area contributed by atoms with Crippen molar-refractivity contribution >= 4 is 46.5 Å². The maximum absolute atomic E-state index is 13.7. The Balaban J connectivity index is 1.73. The second kappa shape index (κ2) is 9.80. The third-order valence-corrected chi connectivity index (χ3v) is 7.49. The lowest BCUT2D eigenvalue weighted by Crippen LogP contribution is -2.54. The number of fused-ring (bicyclic) bond motifs is 1. The van der Waals surface area contributed by atoms with E-state index in [2.05, 4.69) is 6.92 Å². The zero-order valence-corrected chi connectivity index (χ0v) is 21.3. The van der Waals surface area contributed by atoms with E-state index in [1.165, 1.54) is 18.2 Å². The van der Waals surface area contributed by atoms with Gasteiger partial charge in [0.15, 0.2) is 0 Å². The van der Waals surface area contributed by atoms with E-state index in [9.17, 15) is 27.9 Å². The van der Waals surface area contributed by atoms with Gasteiger partial charge in [0.05, 0.1) is 22.7 Å². The molecular weight excluding hydrogens is 542 g/mol. The third kappa shape index (κ3) is 4.33. The van der Waals surface area contributed by atoms with Crippen molar-refractivity contribution in [2.75, 3.05) is 0 Å². The summed E-state index contributed by atoms with van der Waals surface area (Å²) < 4.78 is 45.0. The molecule has 1 N–H and O–H groups in total. The number of hydrogen-bond acceptors (Lipinski definition) is 4. The topological polar surface area (TPSA) is 66.8 Å². The summed E-state index contributed by atoms with van der Waals surface area (Å²) in [4.78, 5) is 27.7. The number of carbonyl (C=O) groups excluding carboxylic acids is 2. The van der Waals surface area contributed by atoms with Crippen LogP contribution in [0.5, 0.6) is 11.5 Å². The fourth-order valence-electron chi connectivity index (χ4n) is 4.41. The normalized spacial score (nSPS) is 19.5. The molecule has 2 aromatic carbocycles. The predicted molar refractivity (Wildman–Crippen MR) is 129 cm³/mol. The minimum atomic E-state index is -4.53. The SMILES string of the molecule is CCCCCCc1c(O)c(Cl)cc2c1OC1(C2=O)C(Cl)=C(Cl)C(=O)N1Cc1ccc(C(F)(F)F)cc1. The molecule has 1 unspecified atom stereocenters. The van der Waals surface area contributed by atoms with Gasteiger partial charge in [0.25, 0.3) is 11.6 Å². The molecule has 2 aliphatic heterocycles. The molecule has 2 aliphatic rings. The average Bonchev–Trinajstić information content (AvgIpc) is 3.21. The van der Waals surface area contributed by atoms with E-state index in [0.29, 0.717) is 24.0 Å². The number of aromatic hydroxyl groups is 1. The van der Waals surface area contributed by atoms with Crippen LogP contribution in [0.4, 0.5) is 13.2 Å². The van der Waals surface area contributed by atoms with Crippen molar-refractivity contribution in [2.24, 2.45) is 0 Å². The van der Waals surface area contributed by atoms with E-state index in [4.69, 9.17) is 39.5 Å². The van der Waals surface area contributed by atoms with Crippen molar-refractivity contribution in [3.8, 4) is 11.5 Å². The second-order valence-corrected chi connectivity index (χ2v) is 9.83. The van der Waals surface area contributed by atoms with Gasteiger partial charge in [0, 0.05) is 5.56 Å². The van der Waals surface area contributed by atoms with E-state index in [-0.39, 0.29) is 33.7 Å². The standard InChI is InChI=1S/C25H21Cl3F3NO4/c1-2-3-4-5-6-15-19(33)17(26)11-16-20(15)36-24(22(16)34)21(28)18(27)23(35)32(24)12-13-7-9-14(10-8-13)25(29,30)31/h7-11,33H,2-6,12H2,1H3. The summed E-state index contributed by atoms with van der Waals surface area (Å²) in [5.41, 5.74) is -2.39. The molecule has 36 heavy (non-hydrogen) atoms. The number of phenols is 1. The molecule has 0 saturated heterocycles. The van der Waals surface area contributed by atoms with Crippen molar-refractivity contribution in [1.82, 2.24) is 4.90 Å². The van der Waals surface area contributed by atoms with Crippen molar-refractivity contribution in [1.29, 1.82) is 0 Å². The highest BCUT2D eigenvalue weighted by atomic mass is 35.5. The van der Waals surface area contributed by atoms with E-state index in [1.807, 2.05) is 0 Å². The van der Waals surface area contributed by atoms with Gasteiger partial charge in [-0.3, -0.25) is 14.5 Å². The zero-order chi connectivity index (χ0) is 26.4. The maximum Gasteiger partial charge on any atom is 0.416 e. The van der Waals surface area contributed by atoms with Crippen LogP contribution in [0.1, 0.15) is 59.7 Å². The molecule has 0 aliphatic carbocycles. The Kier molecular flexibility index (Phi) is 7.25. The first kappa shape index (κ1) is 26.6. The maximum atomic E-state index is 13.7. The van der Waals surface area contributed by atoms with Crippen molar-refractivity contribution in [3.63, 3.8) is 0 Å². The zero-order valence-electron chi connectivity index (χ0n) is 19.0. The van der Waals surface area contributed by atoms with Gasteiger partial charge in [-0.2, -0.15) is 13.2 Å². The number of nitrogens with zero attached hydrogens (tertiary/aromatic N) is 1. The van der Waals surface area contributed by atoms with Crippen LogP contribution < -0.4 is 4.74 Å². The molecule has 1 spiro atoms. The van der Waals surface area contributed by atoms with E-state index in [0.717, 1.165) is 36.3 Å². The molecule has 192 valence electrons. The number of benzene rings is 2. The van der Waals surface area contributed by atoms with Crippen LogP contribution >= 0.6 is 34.8 Å². The lowest BCUT2D eigenvalue weighted by Gasteiger charge is -2.33. The first-order valence-corrected chi connectivity index (χ1v) is 12.4. The number of phenolic OH excluding ortho intramolecular Hbond substituents is 1. The Morgan fingerprint density at radius 2 is 1.72 bits per heavy atom. The first-order chi connectivity index (χ1) is 16.9. The number of unbranched alkanes of at least 4 members (excludes halogenated alkanes) is 3. The van der Waals surface area contributed by atoms with Gasteiger partial charge in [0.1, 0.15) is 21.6 Å². The molecule has 0 fully saturated rings. The molecule has 0 radical (unpaired) electrons. The van der Waals surface area contributed by atoms with Gasteiger partial charge in [-0.25, -0.2) is 0 Å². The van der Waals surface area contributed by atoms with Gasteiger partial charge in [-0.1, -0.05) is 73.1 Å². The molecule has 0 aromatic heterocycles. The largest absolute Gasteiger partial charge is 0.506 e. The van der Waals surface area contributed by atoms with Gasteiger partial charge in [-0.05, 0) is 36.6 Å². The van der Waals surface area contributed by atoms with Crippen LogP contribution in [0.15, 0.2) is 40.4 Å². The van der Waals surface area contributed by atoms with Crippen molar-refractivity contribution < 1.29 is 32.6 Å². The summed E-state index contributed by atoms with van der Waals surface area (Å²) in [7, 11) is 0. The van der Waals surface area contributed by atoms with Gasteiger partial charge in [-0.15, -0.1) is 0 Å². The van der Waals surface area contributed by atoms with E-state index in [1.54, 1.807) is 0 Å². The molecular formula is C25H21Cl3F3NO4. The molecule has 1 amide bonds. The quantitative estimate of drug-likeness (QED) is 0.363. The van der Waals surface area contributed by atoms with Crippen LogP contribution in [-0.4, -0.2) is 27.4 Å². The number of Topliss-reactive ketones (excluding diaryl/α,β-unsaturated/α-hetero) is 1. The number of rotatable bonds is 7. The summed E-state index contributed by atoms with van der Waals surface area (Å²) in [6, 6.07) is 5.38. The fourth-order valence-corrected chi connectivity index (χ4v) is 5.17. The Hall–Kier alpha value is -2.42. The highest BCUT2D eigenvalue weighted by Gasteiger charge is 2.63. The molecule has 4 rings (SSSR count). The van der Waals surface area contributed by atoms with Gasteiger partial charge < -0.3 is 9.84 Å². The van der Waals surface area contributed by atoms with Crippen LogP contribution in [0.3, 0.4) is 0 Å². The van der Waals surface area contributed by atoms with Crippen molar-refractivity contribution in [2.45, 2.75) is 57.5 Å². The Morgan fingerprint density at radius 3 is 2.33 bits per heavy atom. The molecule has 11 heteroatoms. The van der Waals surface area contributed by atoms with Crippen molar-refractivity contribution in [3.05, 3.63) is 67.7 Å². The van der Waals surface area contributed by atoms with E-state index < -0.39 is 34.2 Å². The molecule has 2 aromatic rings. The van der Waals surface area contributed by atoms with Crippen LogP contribution in [0.2, 0.25) is 5.02 Å². The summed E-state index contributed by atoms with van der Waals surface area (Å²) >= 11 is 18.8. The predicted octanol–water partition coefficient (Wildman–Crippen LogP) is 7.19. The monoisotopic (exact) mass is 561 g/mol. The molecule has 1 atom stereocenters. The summed E-state index contributed by atoms with van der Waals surface area (Å²) in [6.45, 7) is 1.75. The van der Waals surface area contributed by atoms with Crippen LogP contribution in [0, 0.1) is 0 Å². The van der Waals surface area contributed by atoms with Crippen LogP contribution in [-0.2, 0) is 23.9 Å². The smallest absolute Gasteiger partial charge is 0.416 e. The minimum Gasteiger partial charge on any atom is -0.506 e. The number of hydrogen-bond donors (Lipinski definition) is 1. The lowest BCUT2D eigenvalue weighted by molar-refractivity contribution is -0.138. The number of carbonyl (C=O) groups is 2. The summed E-state index contributed by atoms with van der Waals surface area (Å²) in [5, 5.41) is 9.77. The summed E-state index contributed by atoms with van der Waals surface area (Å²) in [5.74, 6) is -1.72. The lowest BCUT2D eigenvalue weighted by atomic mass is 9.97. The number of alkyl halides is 3. The first-order valence-electron chi connectivity index (χ1n) is 11.3. The Labute approximate surface area is 220 Å². The highest BCUT2D eigenvalue weighted by Crippen LogP contribution is 2.53. The highest BCUT2D eigenvalue weighted by molar-refractivity contribution is 6.51. The average molecular weight is 563 g/mol. The van der Waals surface area contributed by atoms with E-state index >= 15 is 0 Å². The third-order valence-electron chi connectivity index (χ3n) is 6.31. The molecule has 0 bridgehead atoms. The number of amides is 1. The number of ether oxygens (including phenoxy) is 1. The molecule has 2 heterocycles. The fraction of sp³-hybridized carbons (Fsp3) is 0.360. The summed E-state index contributed by atoms with van der Waals surface area (Å²) in [6.07, 6.45) is -0.624. The number of halogens is 6. The second-order valence-electron chi connectivity index (χ2n) is 8.66.